The minimum atomic E-state index is -0.463. The van der Waals surface area contributed by atoms with Crippen molar-refractivity contribution >= 4 is 35.2 Å². The molecule has 3 N–H and O–H groups in total. The monoisotopic (exact) mass is 467 g/mol. The minimum absolute atomic E-state index is 0.100. The van der Waals surface area contributed by atoms with Crippen LogP contribution >= 0.6 is 0 Å². The molecule has 2 amide bonds. The zero-order chi connectivity index (χ0) is 24.5. The summed E-state index contributed by atoms with van der Waals surface area (Å²) in [6.45, 7) is 3.75. The molecule has 2 aromatic heterocycles. The molecule has 1 aliphatic heterocycles. The number of anilines is 2. The molecular weight excluding hydrogens is 442 g/mol. The first-order valence-electron chi connectivity index (χ1n) is 11.3. The van der Waals surface area contributed by atoms with Crippen LogP contribution in [0.1, 0.15) is 44.5 Å². The summed E-state index contributed by atoms with van der Waals surface area (Å²) in [6.07, 6.45) is 2.33. The van der Waals surface area contributed by atoms with Crippen LogP contribution in [0.15, 0.2) is 59.6 Å². The van der Waals surface area contributed by atoms with E-state index < -0.39 is 5.92 Å². The van der Waals surface area contributed by atoms with Crippen molar-refractivity contribution in [2.75, 3.05) is 10.6 Å². The van der Waals surface area contributed by atoms with Crippen molar-refractivity contribution in [2.24, 2.45) is 12.0 Å². The average Bonchev–Trinajstić information content (AvgIpc) is 3.49. The van der Waals surface area contributed by atoms with E-state index in [4.69, 9.17) is 0 Å². The number of aromatic amines is 1. The third-order valence-electron chi connectivity index (χ3n) is 5.89. The van der Waals surface area contributed by atoms with Crippen LogP contribution in [0.4, 0.5) is 17.2 Å². The summed E-state index contributed by atoms with van der Waals surface area (Å²) in [4.78, 5) is 29.4. The van der Waals surface area contributed by atoms with Crippen LogP contribution in [-0.4, -0.2) is 38.0 Å². The molecule has 9 nitrogen and oxygen atoms in total. The fraction of sp³-hybridized carbons (Fsp3) is 0.192. The summed E-state index contributed by atoms with van der Waals surface area (Å²) in [5.74, 6) is -0.216. The first-order valence-corrected chi connectivity index (χ1v) is 11.3. The number of benzene rings is 2. The van der Waals surface area contributed by atoms with Gasteiger partial charge in [0.1, 0.15) is 11.6 Å². The van der Waals surface area contributed by atoms with Crippen LogP contribution < -0.4 is 10.6 Å². The van der Waals surface area contributed by atoms with E-state index in [-0.39, 0.29) is 11.8 Å². The zero-order valence-corrected chi connectivity index (χ0v) is 19.7. The van der Waals surface area contributed by atoms with Crippen LogP contribution in [0, 0.1) is 13.8 Å². The Balaban J connectivity index is 1.28. The summed E-state index contributed by atoms with van der Waals surface area (Å²) in [5, 5.41) is 17.0. The van der Waals surface area contributed by atoms with Gasteiger partial charge in [0, 0.05) is 36.4 Å². The molecule has 0 aliphatic carbocycles. The third-order valence-corrected chi connectivity index (χ3v) is 5.89. The predicted octanol–water partition coefficient (Wildman–Crippen LogP) is 4.04. The number of carbonyl (C=O) groups is 2. The lowest BCUT2D eigenvalue weighted by atomic mass is 9.96. The molecule has 3 heterocycles. The molecule has 176 valence electrons. The van der Waals surface area contributed by atoms with Gasteiger partial charge in [-0.1, -0.05) is 24.3 Å². The van der Waals surface area contributed by atoms with Crippen LogP contribution in [-0.2, 0) is 18.3 Å². The van der Waals surface area contributed by atoms with Crippen LogP contribution in [0.25, 0.3) is 0 Å². The Morgan fingerprint density at radius 1 is 1.11 bits per heavy atom. The second kappa shape index (κ2) is 9.02. The second-order valence-electron chi connectivity index (χ2n) is 8.70. The Kier molecular flexibility index (Phi) is 5.74. The number of aliphatic imine (C=N–C) groups is 1. The van der Waals surface area contributed by atoms with Gasteiger partial charge in [0.2, 0.25) is 5.91 Å². The van der Waals surface area contributed by atoms with Crippen molar-refractivity contribution in [3.63, 3.8) is 0 Å². The number of hydrogen-bond donors (Lipinski definition) is 3. The summed E-state index contributed by atoms with van der Waals surface area (Å²) in [5.41, 5.74) is 6.80. The second-order valence-corrected chi connectivity index (χ2v) is 8.70. The zero-order valence-electron chi connectivity index (χ0n) is 19.7. The van der Waals surface area contributed by atoms with Gasteiger partial charge in [0.25, 0.3) is 5.91 Å². The molecule has 1 unspecified atom stereocenters. The molecule has 35 heavy (non-hydrogen) atoms. The number of nitrogens with zero attached hydrogens (tertiary/aromatic N) is 4. The number of carbonyl (C=O) groups excluding carboxylic acids is 2. The summed E-state index contributed by atoms with van der Waals surface area (Å²) < 4.78 is 1.57. The third kappa shape index (κ3) is 4.74. The molecule has 2 aromatic carbocycles. The Morgan fingerprint density at radius 3 is 2.57 bits per heavy atom. The van der Waals surface area contributed by atoms with Crippen LogP contribution in [0.5, 0.6) is 0 Å². The van der Waals surface area contributed by atoms with Gasteiger partial charge in [-0.05, 0) is 61.2 Å². The van der Waals surface area contributed by atoms with Gasteiger partial charge in [0.15, 0.2) is 5.82 Å². The lowest BCUT2D eigenvalue weighted by Crippen LogP contribution is -2.16. The van der Waals surface area contributed by atoms with Gasteiger partial charge in [0.05, 0.1) is 5.69 Å². The molecular formula is C26H25N7O2. The lowest BCUT2D eigenvalue weighted by molar-refractivity contribution is -0.115. The lowest BCUT2D eigenvalue weighted by Gasteiger charge is -2.09. The molecule has 1 aliphatic rings. The number of nitrogens with one attached hydrogen (secondary N) is 3. The van der Waals surface area contributed by atoms with Crippen LogP contribution in [0.3, 0.4) is 0 Å². The Labute approximate surface area is 202 Å². The average molecular weight is 468 g/mol. The van der Waals surface area contributed by atoms with E-state index in [0.29, 0.717) is 23.6 Å². The summed E-state index contributed by atoms with van der Waals surface area (Å²) >= 11 is 0. The Morgan fingerprint density at radius 2 is 1.89 bits per heavy atom. The number of fused-ring (bicyclic) bond motifs is 1. The van der Waals surface area contributed by atoms with Crippen molar-refractivity contribution in [3.8, 4) is 0 Å². The number of amides is 2. The van der Waals surface area contributed by atoms with E-state index in [9.17, 15) is 9.59 Å². The number of aromatic nitrogens is 4. The largest absolute Gasteiger partial charge is 0.325 e. The summed E-state index contributed by atoms with van der Waals surface area (Å²) in [6, 6.07) is 17.3. The first-order chi connectivity index (χ1) is 16.9. The van der Waals surface area contributed by atoms with Gasteiger partial charge in [-0.25, -0.2) is 4.99 Å². The highest BCUT2D eigenvalue weighted by Gasteiger charge is 2.29. The quantitative estimate of drug-likeness (QED) is 0.371. The molecule has 1 atom stereocenters. The topological polar surface area (TPSA) is 117 Å². The predicted molar refractivity (Wildman–Crippen MR) is 134 cm³/mol. The molecule has 0 bridgehead atoms. The van der Waals surface area contributed by atoms with E-state index >= 15 is 0 Å². The van der Waals surface area contributed by atoms with Gasteiger partial charge in [-0.2, -0.15) is 10.2 Å². The van der Waals surface area contributed by atoms with E-state index in [1.54, 1.807) is 24.0 Å². The van der Waals surface area contributed by atoms with Crippen molar-refractivity contribution < 1.29 is 9.59 Å². The standard InChI is InChI=1S/C26H25N7O2/c1-15-11-24(31-30-15)27-14-21-20-13-18(6-9-22(20)29-25(21)34)12-17-4-7-19(8-5-17)28-26(35)23-10-16(2)32-33(23)3/h4-11,13-14,21H,12H2,1-3H3,(H,28,35)(H,29,34)(H,30,31). The Bertz CT molecular complexity index is 1450. The van der Waals surface area contributed by atoms with Crippen LogP contribution in [0.2, 0.25) is 0 Å². The van der Waals surface area contributed by atoms with Gasteiger partial charge in [-0.15, -0.1) is 0 Å². The highest BCUT2D eigenvalue weighted by atomic mass is 16.2. The van der Waals surface area contributed by atoms with Crippen molar-refractivity contribution in [3.05, 3.63) is 88.4 Å². The smallest absolute Gasteiger partial charge is 0.273 e. The highest BCUT2D eigenvalue weighted by molar-refractivity contribution is 6.12. The minimum Gasteiger partial charge on any atom is -0.325 e. The first kappa shape index (κ1) is 22.3. The molecule has 5 rings (SSSR count). The van der Waals surface area contributed by atoms with E-state index in [1.165, 1.54) is 0 Å². The SMILES string of the molecule is Cc1cc(C(=O)Nc2ccc(Cc3ccc4c(c3)C(C=Nc3cc(C)[nH]n3)C(=O)N4)cc2)n(C)n1. The Hall–Kier alpha value is -4.53. The molecule has 4 aromatic rings. The fourth-order valence-corrected chi connectivity index (χ4v) is 4.17. The van der Waals surface area contributed by atoms with Crippen molar-refractivity contribution in [1.82, 2.24) is 20.0 Å². The van der Waals surface area contributed by atoms with Crippen molar-refractivity contribution in [1.29, 1.82) is 0 Å². The molecule has 0 saturated heterocycles. The molecule has 0 saturated carbocycles. The van der Waals surface area contributed by atoms with E-state index in [1.807, 2.05) is 62.4 Å². The summed E-state index contributed by atoms with van der Waals surface area (Å²) in [7, 11) is 1.75. The normalized spacial score (nSPS) is 14.8. The maximum absolute atomic E-state index is 12.5. The molecule has 9 heteroatoms. The molecule has 0 fully saturated rings. The van der Waals surface area contributed by atoms with E-state index in [0.717, 1.165) is 33.8 Å². The highest BCUT2D eigenvalue weighted by Crippen LogP contribution is 2.33. The van der Waals surface area contributed by atoms with Crippen molar-refractivity contribution in [2.45, 2.75) is 26.2 Å². The maximum atomic E-state index is 12.5. The number of H-pyrrole nitrogens is 1. The number of hydrogen-bond acceptors (Lipinski definition) is 5. The van der Waals surface area contributed by atoms with Gasteiger partial charge < -0.3 is 10.6 Å². The molecule has 0 radical (unpaired) electrons. The fourth-order valence-electron chi connectivity index (χ4n) is 4.17. The number of rotatable bonds is 6. The van der Waals surface area contributed by atoms with Gasteiger partial charge >= 0.3 is 0 Å². The van der Waals surface area contributed by atoms with E-state index in [2.05, 4.69) is 30.9 Å². The molecule has 0 spiro atoms. The number of aryl methyl sites for hydroxylation is 3. The van der Waals surface area contributed by atoms with Gasteiger partial charge in [-0.3, -0.25) is 19.4 Å². The maximum Gasteiger partial charge on any atom is 0.273 e.